The van der Waals surface area contributed by atoms with Gasteiger partial charge in [-0.05, 0) is 66.8 Å². The smallest absolute Gasteiger partial charge is 0.224 e. The molecule has 2 aliphatic rings. The summed E-state index contributed by atoms with van der Waals surface area (Å²) < 4.78 is 0. The van der Waals surface area contributed by atoms with E-state index in [1.807, 2.05) is 6.20 Å². The summed E-state index contributed by atoms with van der Waals surface area (Å²) in [5.74, 6) is 1.12. The van der Waals surface area contributed by atoms with Crippen LogP contribution in [0.5, 0.6) is 0 Å². The van der Waals surface area contributed by atoms with Gasteiger partial charge in [0.05, 0.1) is 6.42 Å². The molecule has 0 spiro atoms. The van der Waals surface area contributed by atoms with Crippen LogP contribution in [0.15, 0.2) is 36.5 Å². The van der Waals surface area contributed by atoms with E-state index in [4.69, 9.17) is 0 Å². The van der Waals surface area contributed by atoms with Crippen molar-refractivity contribution >= 4 is 11.7 Å². The van der Waals surface area contributed by atoms with Crippen LogP contribution in [0.25, 0.3) is 0 Å². The predicted octanol–water partition coefficient (Wildman–Crippen LogP) is 3.42. The van der Waals surface area contributed by atoms with Crippen molar-refractivity contribution in [2.75, 3.05) is 18.0 Å². The van der Waals surface area contributed by atoms with Crippen molar-refractivity contribution in [1.29, 1.82) is 0 Å². The molecule has 0 radical (unpaired) electrons. The lowest BCUT2D eigenvalue weighted by Gasteiger charge is -2.17. The van der Waals surface area contributed by atoms with Crippen LogP contribution in [0.3, 0.4) is 0 Å². The first kappa shape index (κ1) is 17.1. The maximum absolute atomic E-state index is 12.3. The molecular weight excluding hydrogens is 322 g/mol. The molecule has 0 bridgehead atoms. The molecule has 0 saturated carbocycles. The molecule has 0 unspecified atom stereocenters. The highest BCUT2D eigenvalue weighted by atomic mass is 16.1. The zero-order chi connectivity index (χ0) is 17.8. The molecule has 1 N–H and O–H groups in total. The van der Waals surface area contributed by atoms with Crippen molar-refractivity contribution in [1.82, 2.24) is 10.3 Å². The molecule has 1 aliphatic carbocycles. The Morgan fingerprint density at radius 3 is 2.50 bits per heavy atom. The second kappa shape index (κ2) is 7.90. The topological polar surface area (TPSA) is 45.2 Å². The van der Waals surface area contributed by atoms with Crippen molar-refractivity contribution in [3.63, 3.8) is 0 Å². The number of carbonyl (C=O) groups is 1. The first-order valence-corrected chi connectivity index (χ1v) is 9.85. The van der Waals surface area contributed by atoms with E-state index in [0.717, 1.165) is 36.5 Å². The van der Waals surface area contributed by atoms with E-state index >= 15 is 0 Å². The number of anilines is 1. The largest absolute Gasteiger partial charge is 0.357 e. The maximum atomic E-state index is 12.3. The molecule has 4 rings (SSSR count). The van der Waals surface area contributed by atoms with E-state index in [9.17, 15) is 4.79 Å². The van der Waals surface area contributed by atoms with Gasteiger partial charge in [-0.25, -0.2) is 4.98 Å². The van der Waals surface area contributed by atoms with Gasteiger partial charge >= 0.3 is 0 Å². The number of pyridine rings is 1. The van der Waals surface area contributed by atoms with Crippen LogP contribution in [-0.4, -0.2) is 24.0 Å². The quantitative estimate of drug-likeness (QED) is 0.900. The lowest BCUT2D eigenvalue weighted by atomic mass is 9.90. The minimum Gasteiger partial charge on any atom is -0.357 e. The Morgan fingerprint density at radius 1 is 0.962 bits per heavy atom. The van der Waals surface area contributed by atoms with Gasteiger partial charge in [0.2, 0.25) is 5.91 Å². The third-order valence-electron chi connectivity index (χ3n) is 5.51. The van der Waals surface area contributed by atoms with Crippen LogP contribution in [-0.2, 0) is 30.6 Å². The van der Waals surface area contributed by atoms with Gasteiger partial charge in [-0.15, -0.1) is 0 Å². The van der Waals surface area contributed by atoms with Crippen molar-refractivity contribution in [2.45, 2.75) is 51.5 Å². The molecule has 26 heavy (non-hydrogen) atoms. The molecular formula is C22H27N3O. The van der Waals surface area contributed by atoms with E-state index in [1.165, 1.54) is 43.2 Å². The first-order chi connectivity index (χ1) is 12.8. The maximum Gasteiger partial charge on any atom is 0.224 e. The van der Waals surface area contributed by atoms with Crippen LogP contribution in [0.4, 0.5) is 5.82 Å². The molecule has 2 aromatic rings. The average molecular weight is 349 g/mol. The molecule has 1 aliphatic heterocycles. The van der Waals surface area contributed by atoms with Gasteiger partial charge in [0.1, 0.15) is 5.82 Å². The highest BCUT2D eigenvalue weighted by molar-refractivity contribution is 5.78. The summed E-state index contributed by atoms with van der Waals surface area (Å²) in [6, 6.07) is 10.7. The third-order valence-corrected chi connectivity index (χ3v) is 5.51. The normalized spacial score (nSPS) is 16.4. The fraction of sp³-hybridized carbons (Fsp3) is 0.455. The number of rotatable bonds is 5. The summed E-state index contributed by atoms with van der Waals surface area (Å²) in [6.07, 6.45) is 9.73. The van der Waals surface area contributed by atoms with Crippen molar-refractivity contribution in [3.05, 3.63) is 58.8 Å². The Balaban J connectivity index is 1.29. The summed E-state index contributed by atoms with van der Waals surface area (Å²) in [5, 5.41) is 3.02. The summed E-state index contributed by atoms with van der Waals surface area (Å²) in [7, 11) is 0. The number of amides is 1. The number of fused-ring (bicyclic) bond motifs is 1. The number of aryl methyl sites for hydroxylation is 2. The Kier molecular flexibility index (Phi) is 5.19. The molecule has 0 atom stereocenters. The zero-order valence-electron chi connectivity index (χ0n) is 15.3. The van der Waals surface area contributed by atoms with Gasteiger partial charge < -0.3 is 10.2 Å². The number of carbonyl (C=O) groups excluding carboxylic acids is 1. The number of nitrogens with one attached hydrogen (secondary N) is 1. The van der Waals surface area contributed by atoms with Crippen LogP contribution < -0.4 is 10.2 Å². The molecule has 136 valence electrons. The fourth-order valence-electron chi connectivity index (χ4n) is 4.00. The van der Waals surface area contributed by atoms with E-state index < -0.39 is 0 Å². The standard InChI is InChI=1S/C22H27N3O/c26-22(14-17-7-9-19-5-1-2-6-20(19)13-17)24-16-18-8-10-21(23-15-18)25-11-3-4-12-25/h7-10,13,15H,1-6,11-12,14,16H2,(H,24,26). The number of nitrogens with zero attached hydrogens (tertiary/aromatic N) is 2. The minimum atomic E-state index is 0.0735. The monoisotopic (exact) mass is 349 g/mol. The highest BCUT2D eigenvalue weighted by Gasteiger charge is 2.13. The van der Waals surface area contributed by atoms with Crippen LogP contribution in [0.1, 0.15) is 47.9 Å². The minimum absolute atomic E-state index is 0.0735. The van der Waals surface area contributed by atoms with E-state index in [-0.39, 0.29) is 5.91 Å². The number of hydrogen-bond donors (Lipinski definition) is 1. The lowest BCUT2D eigenvalue weighted by Crippen LogP contribution is -2.25. The van der Waals surface area contributed by atoms with Gasteiger partial charge in [0.15, 0.2) is 0 Å². The third kappa shape index (κ3) is 4.06. The predicted molar refractivity (Wildman–Crippen MR) is 104 cm³/mol. The second-order valence-electron chi connectivity index (χ2n) is 7.48. The summed E-state index contributed by atoms with van der Waals surface area (Å²) in [4.78, 5) is 19.2. The Bertz CT molecular complexity index is 763. The van der Waals surface area contributed by atoms with E-state index in [1.54, 1.807) is 0 Å². The van der Waals surface area contributed by atoms with E-state index in [2.05, 4.69) is 45.5 Å². The molecule has 4 nitrogen and oxygen atoms in total. The zero-order valence-corrected chi connectivity index (χ0v) is 15.3. The second-order valence-corrected chi connectivity index (χ2v) is 7.48. The van der Waals surface area contributed by atoms with Crippen molar-refractivity contribution in [2.24, 2.45) is 0 Å². The molecule has 2 heterocycles. The van der Waals surface area contributed by atoms with Gasteiger partial charge in [0, 0.05) is 25.8 Å². The summed E-state index contributed by atoms with van der Waals surface area (Å²) in [5.41, 5.74) is 5.06. The molecule has 1 aromatic heterocycles. The Labute approximate surface area is 155 Å². The fourth-order valence-corrected chi connectivity index (χ4v) is 4.00. The molecule has 4 heteroatoms. The van der Waals surface area contributed by atoms with Gasteiger partial charge in [0.25, 0.3) is 0 Å². The molecule has 1 amide bonds. The van der Waals surface area contributed by atoms with Crippen molar-refractivity contribution < 1.29 is 4.79 Å². The summed E-state index contributed by atoms with van der Waals surface area (Å²) in [6.45, 7) is 2.74. The number of hydrogen-bond acceptors (Lipinski definition) is 3. The number of benzene rings is 1. The van der Waals surface area contributed by atoms with Crippen LogP contribution in [0, 0.1) is 0 Å². The Morgan fingerprint density at radius 2 is 1.73 bits per heavy atom. The van der Waals surface area contributed by atoms with Crippen LogP contribution >= 0.6 is 0 Å². The average Bonchev–Trinajstić information content (AvgIpc) is 3.21. The van der Waals surface area contributed by atoms with Gasteiger partial charge in [-0.1, -0.05) is 24.3 Å². The first-order valence-electron chi connectivity index (χ1n) is 9.85. The van der Waals surface area contributed by atoms with Gasteiger partial charge in [-0.2, -0.15) is 0 Å². The Hall–Kier alpha value is -2.36. The molecule has 1 aromatic carbocycles. The highest BCUT2D eigenvalue weighted by Crippen LogP contribution is 2.22. The van der Waals surface area contributed by atoms with Gasteiger partial charge in [-0.3, -0.25) is 4.79 Å². The van der Waals surface area contributed by atoms with Crippen molar-refractivity contribution in [3.8, 4) is 0 Å². The summed E-state index contributed by atoms with van der Waals surface area (Å²) >= 11 is 0. The SMILES string of the molecule is O=C(Cc1ccc2c(c1)CCCC2)NCc1ccc(N2CCCC2)nc1. The van der Waals surface area contributed by atoms with Crippen LogP contribution in [0.2, 0.25) is 0 Å². The molecule has 1 fully saturated rings. The molecule has 1 saturated heterocycles. The van der Waals surface area contributed by atoms with E-state index in [0.29, 0.717) is 13.0 Å². The number of aromatic nitrogens is 1. The lowest BCUT2D eigenvalue weighted by molar-refractivity contribution is -0.120.